The van der Waals surface area contributed by atoms with E-state index in [-0.39, 0.29) is 0 Å². The van der Waals surface area contributed by atoms with Gasteiger partial charge in [0.2, 0.25) is 0 Å². The lowest BCUT2D eigenvalue weighted by Crippen LogP contribution is -2.02. The zero-order valence-electron chi connectivity index (χ0n) is 19.8. The molecule has 1 aromatic carbocycles. The van der Waals surface area contributed by atoms with Crippen molar-refractivity contribution in [3.05, 3.63) is 24.3 Å². The van der Waals surface area contributed by atoms with Crippen molar-refractivity contribution < 1.29 is 9.47 Å². The Kier molecular flexibility index (Phi) is 14.6. The van der Waals surface area contributed by atoms with Crippen molar-refractivity contribution in [3.63, 3.8) is 0 Å². The Bertz CT molecular complexity index is 507. The van der Waals surface area contributed by atoms with Crippen molar-refractivity contribution in [2.24, 2.45) is 5.92 Å². The van der Waals surface area contributed by atoms with Crippen LogP contribution in [0.3, 0.4) is 0 Å². The predicted octanol–water partition coefficient (Wildman–Crippen LogP) is 9.12. The molecule has 0 atom stereocenters. The molecule has 0 saturated heterocycles. The first kappa shape index (κ1) is 25.1. The SMILES string of the molecule is CCCCCCCCCOc1ccccc1OCCCCCCCCC1CCCC1. The molecule has 1 aliphatic carbocycles. The predicted molar refractivity (Wildman–Crippen MR) is 130 cm³/mol. The second-order valence-electron chi connectivity index (χ2n) is 9.33. The summed E-state index contributed by atoms with van der Waals surface area (Å²) >= 11 is 0. The minimum absolute atomic E-state index is 0.801. The van der Waals surface area contributed by atoms with Crippen molar-refractivity contribution in [1.82, 2.24) is 0 Å². The van der Waals surface area contributed by atoms with Gasteiger partial charge in [-0.1, -0.05) is 122 Å². The molecule has 0 amide bonds. The number of para-hydroxylation sites is 2. The highest BCUT2D eigenvalue weighted by Crippen LogP contribution is 2.29. The van der Waals surface area contributed by atoms with Crippen molar-refractivity contribution >= 4 is 0 Å². The molecule has 1 aliphatic rings. The molecule has 0 unspecified atom stereocenters. The molecule has 30 heavy (non-hydrogen) atoms. The van der Waals surface area contributed by atoms with E-state index < -0.39 is 0 Å². The Hall–Kier alpha value is -1.18. The molecular formula is C28H48O2. The summed E-state index contributed by atoms with van der Waals surface area (Å²) in [5.41, 5.74) is 0. The maximum atomic E-state index is 6.03. The normalized spacial score (nSPS) is 14.3. The van der Waals surface area contributed by atoms with Crippen LogP contribution in [0, 0.1) is 5.92 Å². The summed E-state index contributed by atoms with van der Waals surface area (Å²) in [5, 5.41) is 0. The molecule has 2 nitrogen and oxygen atoms in total. The number of hydrogen-bond donors (Lipinski definition) is 0. The van der Waals surface area contributed by atoms with Crippen molar-refractivity contribution in [2.45, 2.75) is 122 Å². The van der Waals surface area contributed by atoms with Crippen LogP contribution in [0.2, 0.25) is 0 Å². The molecule has 2 heteroatoms. The fourth-order valence-electron chi connectivity index (χ4n) is 4.65. The summed E-state index contributed by atoms with van der Waals surface area (Å²) in [4.78, 5) is 0. The highest BCUT2D eigenvalue weighted by atomic mass is 16.5. The number of rotatable bonds is 19. The lowest BCUT2D eigenvalue weighted by atomic mass is 9.99. The van der Waals surface area contributed by atoms with Gasteiger partial charge in [0.25, 0.3) is 0 Å². The van der Waals surface area contributed by atoms with Crippen LogP contribution in [0.15, 0.2) is 24.3 Å². The summed E-state index contributed by atoms with van der Waals surface area (Å²) < 4.78 is 12.0. The Morgan fingerprint density at radius 2 is 1.10 bits per heavy atom. The zero-order valence-corrected chi connectivity index (χ0v) is 19.8. The van der Waals surface area contributed by atoms with Gasteiger partial charge in [-0.25, -0.2) is 0 Å². The first-order valence-corrected chi connectivity index (χ1v) is 13.2. The molecule has 0 N–H and O–H groups in total. The third-order valence-corrected chi connectivity index (χ3v) is 6.59. The van der Waals surface area contributed by atoms with Crippen molar-refractivity contribution in [3.8, 4) is 11.5 Å². The lowest BCUT2D eigenvalue weighted by Gasteiger charge is -2.13. The van der Waals surface area contributed by atoms with Crippen LogP contribution in [0.1, 0.15) is 122 Å². The first-order valence-electron chi connectivity index (χ1n) is 13.2. The fourth-order valence-corrected chi connectivity index (χ4v) is 4.65. The van der Waals surface area contributed by atoms with Gasteiger partial charge in [0.1, 0.15) is 0 Å². The van der Waals surface area contributed by atoms with Gasteiger partial charge in [-0.3, -0.25) is 0 Å². The van der Waals surface area contributed by atoms with Crippen LogP contribution in [0.5, 0.6) is 11.5 Å². The van der Waals surface area contributed by atoms with Crippen LogP contribution in [-0.4, -0.2) is 13.2 Å². The van der Waals surface area contributed by atoms with E-state index in [0.29, 0.717) is 0 Å². The maximum Gasteiger partial charge on any atom is 0.161 e. The highest BCUT2D eigenvalue weighted by molar-refractivity contribution is 5.39. The van der Waals surface area contributed by atoms with Gasteiger partial charge in [-0.15, -0.1) is 0 Å². The van der Waals surface area contributed by atoms with Crippen molar-refractivity contribution in [1.29, 1.82) is 0 Å². The third-order valence-electron chi connectivity index (χ3n) is 6.59. The number of ether oxygens (including phenoxy) is 2. The Morgan fingerprint density at radius 1 is 0.633 bits per heavy atom. The van der Waals surface area contributed by atoms with E-state index in [9.17, 15) is 0 Å². The average Bonchev–Trinajstić information content (AvgIpc) is 3.29. The molecule has 0 bridgehead atoms. The Balaban J connectivity index is 1.45. The van der Waals surface area contributed by atoms with E-state index in [2.05, 4.69) is 6.92 Å². The summed E-state index contributed by atoms with van der Waals surface area (Å²) in [6.45, 7) is 3.88. The molecule has 0 spiro atoms. The largest absolute Gasteiger partial charge is 0.490 e. The van der Waals surface area contributed by atoms with Gasteiger partial charge < -0.3 is 9.47 Å². The van der Waals surface area contributed by atoms with Crippen LogP contribution >= 0.6 is 0 Å². The molecular weight excluding hydrogens is 368 g/mol. The van der Waals surface area contributed by atoms with E-state index in [0.717, 1.165) is 43.5 Å². The minimum Gasteiger partial charge on any atom is -0.490 e. The van der Waals surface area contributed by atoms with Gasteiger partial charge in [0, 0.05) is 0 Å². The number of hydrogen-bond acceptors (Lipinski definition) is 2. The Morgan fingerprint density at radius 3 is 1.63 bits per heavy atom. The lowest BCUT2D eigenvalue weighted by molar-refractivity contribution is 0.258. The van der Waals surface area contributed by atoms with E-state index in [1.165, 1.54) is 103 Å². The summed E-state index contributed by atoms with van der Waals surface area (Å²) in [7, 11) is 0. The van der Waals surface area contributed by atoms with E-state index in [1.54, 1.807) is 0 Å². The molecule has 172 valence electrons. The van der Waals surface area contributed by atoms with Gasteiger partial charge in [0.05, 0.1) is 13.2 Å². The monoisotopic (exact) mass is 416 g/mol. The van der Waals surface area contributed by atoms with E-state index in [4.69, 9.17) is 9.47 Å². The molecule has 0 aliphatic heterocycles. The average molecular weight is 417 g/mol. The van der Waals surface area contributed by atoms with Gasteiger partial charge in [-0.05, 0) is 30.9 Å². The van der Waals surface area contributed by atoms with Crippen LogP contribution in [0.4, 0.5) is 0 Å². The smallest absolute Gasteiger partial charge is 0.161 e. The third kappa shape index (κ3) is 11.9. The summed E-state index contributed by atoms with van der Waals surface area (Å²) in [6.07, 6.45) is 24.7. The van der Waals surface area contributed by atoms with Crippen LogP contribution in [0.25, 0.3) is 0 Å². The zero-order chi connectivity index (χ0) is 21.1. The van der Waals surface area contributed by atoms with Gasteiger partial charge in [-0.2, -0.15) is 0 Å². The van der Waals surface area contributed by atoms with E-state index in [1.807, 2.05) is 24.3 Å². The van der Waals surface area contributed by atoms with Crippen LogP contribution in [-0.2, 0) is 0 Å². The Labute approximate surface area is 187 Å². The minimum atomic E-state index is 0.801. The second kappa shape index (κ2) is 17.5. The molecule has 1 fully saturated rings. The standard InChI is InChI=1S/C28H48O2/c1-2-3-4-5-7-10-17-24-29-27-22-15-16-23-28(27)30-25-18-11-8-6-9-12-19-26-20-13-14-21-26/h15-16,22-23,26H,2-14,17-21,24-25H2,1H3. The van der Waals surface area contributed by atoms with Gasteiger partial charge >= 0.3 is 0 Å². The molecule has 2 rings (SSSR count). The van der Waals surface area contributed by atoms with Crippen LogP contribution < -0.4 is 9.47 Å². The molecule has 1 saturated carbocycles. The first-order chi connectivity index (χ1) is 14.9. The quantitative estimate of drug-likeness (QED) is 0.209. The van der Waals surface area contributed by atoms with Crippen molar-refractivity contribution in [2.75, 3.05) is 13.2 Å². The molecule has 1 aromatic rings. The number of benzene rings is 1. The van der Waals surface area contributed by atoms with Gasteiger partial charge in [0.15, 0.2) is 11.5 Å². The summed E-state index contributed by atoms with van der Waals surface area (Å²) in [5.74, 6) is 2.89. The maximum absolute atomic E-state index is 6.03. The molecule has 0 radical (unpaired) electrons. The fraction of sp³-hybridized carbons (Fsp3) is 0.786. The highest BCUT2D eigenvalue weighted by Gasteiger charge is 2.13. The van der Waals surface area contributed by atoms with E-state index >= 15 is 0 Å². The second-order valence-corrected chi connectivity index (χ2v) is 9.33. The number of unbranched alkanes of at least 4 members (excludes halogenated alkanes) is 11. The molecule has 0 aromatic heterocycles. The summed E-state index contributed by atoms with van der Waals surface area (Å²) in [6, 6.07) is 8.17. The topological polar surface area (TPSA) is 18.5 Å². The molecule has 0 heterocycles.